The highest BCUT2D eigenvalue weighted by Gasteiger charge is 2.47. The molecule has 0 amide bonds. The topological polar surface area (TPSA) is 129 Å². The molecule has 0 unspecified atom stereocenters. The van der Waals surface area contributed by atoms with Crippen LogP contribution in [-0.2, 0) is 6.54 Å². The molecular weight excluding hydrogens is 620 g/mol. The van der Waals surface area contributed by atoms with E-state index in [4.69, 9.17) is 16.0 Å². The average Bonchev–Trinajstić information content (AvgIpc) is 3.53. The van der Waals surface area contributed by atoms with Crippen molar-refractivity contribution in [3.8, 4) is 11.5 Å². The van der Waals surface area contributed by atoms with Crippen LogP contribution in [0.3, 0.4) is 0 Å². The Hall–Kier alpha value is -2.39. The summed E-state index contributed by atoms with van der Waals surface area (Å²) in [5.74, 6) is 0.167. The Balaban J connectivity index is 1.58. The molecule has 1 aliphatic rings. The first-order valence-corrected chi connectivity index (χ1v) is 18.9. The van der Waals surface area contributed by atoms with E-state index < -0.39 is 24.7 Å². The van der Waals surface area contributed by atoms with Crippen molar-refractivity contribution < 1.29 is 18.6 Å². The fraction of sp³-hybridized carbons (Fsp3) is 0.370. The second kappa shape index (κ2) is 11.0. The Morgan fingerprint density at radius 2 is 1.80 bits per heavy atom. The van der Waals surface area contributed by atoms with Crippen LogP contribution >= 0.6 is 45.1 Å². The Labute approximate surface area is 254 Å². The molecular formula is C27H33ClN4O5S3Si. The lowest BCUT2D eigenvalue weighted by atomic mass is 10.2. The van der Waals surface area contributed by atoms with Crippen LogP contribution in [0.4, 0.5) is 5.69 Å². The van der Waals surface area contributed by atoms with Crippen molar-refractivity contribution >= 4 is 75.1 Å². The van der Waals surface area contributed by atoms with E-state index in [1.54, 1.807) is 35.8 Å². The standard InChI is InChI=1S/C27H33ClN4O5S3Si/c1-14(2)41(15(3)4,16(5)6)37-17-7-8-19-21(11-17)40(35,36)31-25(30-19)22-23(33)24-20(9-10-38-24)32(26(22)34)13-18-12-29-27(28)39-18/h7-12,14-16,33,35-36H,13H2,1-6H3,(H,30,31). The first kappa shape index (κ1) is 30.1. The van der Waals surface area contributed by atoms with Crippen LogP contribution in [-0.4, -0.2) is 37.9 Å². The maximum absolute atomic E-state index is 13.8. The van der Waals surface area contributed by atoms with E-state index in [-0.39, 0.29) is 28.6 Å². The number of benzene rings is 1. The SMILES string of the molecule is CC(C)[Si](Oc1ccc2c(c1)S(O)(O)N=C(c1c(O)c3sccc3n(Cc3cnc(Cl)s3)c1=O)N2)(C(C)C)C(C)C. The number of halogens is 1. The summed E-state index contributed by atoms with van der Waals surface area (Å²) in [4.78, 5) is 18.8. The maximum atomic E-state index is 13.8. The maximum Gasteiger partial charge on any atom is 0.266 e. The lowest BCUT2D eigenvalue weighted by molar-refractivity contribution is 0.473. The molecule has 1 aromatic carbocycles. The number of fused-ring (bicyclic) bond motifs is 2. The molecule has 0 fully saturated rings. The fourth-order valence-corrected chi connectivity index (χ4v) is 14.2. The Morgan fingerprint density at radius 3 is 2.41 bits per heavy atom. The number of pyridine rings is 1. The monoisotopic (exact) mass is 652 g/mol. The fourth-order valence-electron chi connectivity index (χ4n) is 5.92. The van der Waals surface area contributed by atoms with Gasteiger partial charge in [-0.05, 0) is 40.2 Å². The van der Waals surface area contributed by atoms with E-state index in [9.17, 15) is 19.0 Å². The zero-order chi connectivity index (χ0) is 29.9. The van der Waals surface area contributed by atoms with Gasteiger partial charge in [-0.2, -0.15) is 0 Å². The molecule has 220 valence electrons. The van der Waals surface area contributed by atoms with E-state index in [2.05, 4.69) is 56.2 Å². The summed E-state index contributed by atoms with van der Waals surface area (Å²) in [6.07, 6.45) is 1.60. The molecule has 4 N–H and O–H groups in total. The third-order valence-electron chi connectivity index (χ3n) is 7.64. The second-order valence-electron chi connectivity index (χ2n) is 11.0. The molecule has 9 nitrogen and oxygen atoms in total. The minimum absolute atomic E-state index is 0.115. The number of hydrogen-bond acceptors (Lipinski definition) is 10. The van der Waals surface area contributed by atoms with Gasteiger partial charge in [-0.3, -0.25) is 13.9 Å². The van der Waals surface area contributed by atoms with Gasteiger partial charge in [-0.15, -0.1) is 27.1 Å². The highest BCUT2D eigenvalue weighted by Crippen LogP contribution is 2.57. The van der Waals surface area contributed by atoms with Gasteiger partial charge in [0.1, 0.15) is 16.2 Å². The number of rotatable bonds is 8. The van der Waals surface area contributed by atoms with Crippen molar-refractivity contribution in [2.75, 3.05) is 5.32 Å². The van der Waals surface area contributed by atoms with Gasteiger partial charge in [0.25, 0.3) is 13.9 Å². The molecule has 41 heavy (non-hydrogen) atoms. The second-order valence-corrected chi connectivity index (χ2v) is 20.6. The average molecular weight is 653 g/mol. The number of nitrogens with one attached hydrogen (secondary N) is 1. The minimum Gasteiger partial charge on any atom is -0.543 e. The Morgan fingerprint density at radius 1 is 1.12 bits per heavy atom. The van der Waals surface area contributed by atoms with Gasteiger partial charge in [-0.1, -0.05) is 63.9 Å². The highest BCUT2D eigenvalue weighted by atomic mass is 35.5. The minimum atomic E-state index is -3.74. The molecule has 14 heteroatoms. The number of thiazole rings is 1. The van der Waals surface area contributed by atoms with Crippen molar-refractivity contribution in [1.29, 1.82) is 0 Å². The molecule has 4 aromatic rings. The van der Waals surface area contributed by atoms with Crippen LogP contribution < -0.4 is 15.3 Å². The molecule has 0 saturated heterocycles. The molecule has 0 bridgehead atoms. The lowest BCUT2D eigenvalue weighted by Gasteiger charge is -2.42. The summed E-state index contributed by atoms with van der Waals surface area (Å²) in [5.41, 5.74) is 1.24. The number of aromatic hydroxyl groups is 1. The molecule has 0 spiro atoms. The molecule has 0 aliphatic carbocycles. The van der Waals surface area contributed by atoms with Crippen LogP contribution in [0.2, 0.25) is 21.1 Å². The molecule has 5 rings (SSSR count). The number of amidine groups is 1. The normalized spacial score (nSPS) is 15.8. The van der Waals surface area contributed by atoms with Gasteiger partial charge in [0.15, 0.2) is 16.1 Å². The zero-order valence-electron chi connectivity index (χ0n) is 23.5. The molecule has 4 heterocycles. The Kier molecular flexibility index (Phi) is 8.09. The van der Waals surface area contributed by atoms with Crippen LogP contribution in [0.25, 0.3) is 10.2 Å². The van der Waals surface area contributed by atoms with Crippen molar-refractivity contribution in [2.24, 2.45) is 4.40 Å². The van der Waals surface area contributed by atoms with Crippen molar-refractivity contribution in [2.45, 2.75) is 69.6 Å². The van der Waals surface area contributed by atoms with Gasteiger partial charge < -0.3 is 19.4 Å². The van der Waals surface area contributed by atoms with Gasteiger partial charge in [0.05, 0.1) is 22.4 Å². The molecule has 1 aliphatic heterocycles. The summed E-state index contributed by atoms with van der Waals surface area (Å²) in [6.45, 7) is 13.3. The van der Waals surface area contributed by atoms with Gasteiger partial charge in [0, 0.05) is 17.1 Å². The van der Waals surface area contributed by atoms with Crippen molar-refractivity contribution in [3.63, 3.8) is 0 Å². The van der Waals surface area contributed by atoms with E-state index in [1.807, 2.05) is 0 Å². The lowest BCUT2D eigenvalue weighted by Crippen LogP contribution is -2.50. The first-order chi connectivity index (χ1) is 19.3. The van der Waals surface area contributed by atoms with Gasteiger partial charge >= 0.3 is 0 Å². The predicted molar refractivity (Wildman–Crippen MR) is 173 cm³/mol. The van der Waals surface area contributed by atoms with Crippen LogP contribution in [0.15, 0.2) is 49.9 Å². The van der Waals surface area contributed by atoms with Gasteiger partial charge in [-0.25, -0.2) is 4.98 Å². The number of aromatic nitrogens is 2. The van der Waals surface area contributed by atoms with E-state index in [0.717, 1.165) is 4.88 Å². The van der Waals surface area contributed by atoms with Crippen molar-refractivity contribution in [3.05, 3.63) is 61.1 Å². The number of anilines is 1. The number of thiophene rings is 1. The van der Waals surface area contributed by atoms with Gasteiger partial charge in [0.2, 0.25) is 0 Å². The first-order valence-electron chi connectivity index (χ1n) is 13.2. The van der Waals surface area contributed by atoms with Crippen molar-refractivity contribution in [1.82, 2.24) is 9.55 Å². The number of hydrogen-bond donors (Lipinski definition) is 4. The molecule has 0 radical (unpaired) electrons. The third-order valence-corrected chi connectivity index (χ3v) is 17.0. The summed E-state index contributed by atoms with van der Waals surface area (Å²) in [6, 6.07) is 6.88. The van der Waals surface area contributed by atoms with E-state index in [0.29, 0.717) is 42.7 Å². The van der Waals surface area contributed by atoms with E-state index in [1.165, 1.54) is 27.2 Å². The van der Waals surface area contributed by atoms with Crippen LogP contribution in [0.5, 0.6) is 11.5 Å². The molecule has 0 atom stereocenters. The molecule has 3 aromatic heterocycles. The van der Waals surface area contributed by atoms with E-state index >= 15 is 0 Å². The van der Waals surface area contributed by atoms with Crippen LogP contribution in [0.1, 0.15) is 52.0 Å². The predicted octanol–water partition coefficient (Wildman–Crippen LogP) is 8.38. The molecule has 0 saturated carbocycles. The quantitative estimate of drug-likeness (QED) is 0.141. The smallest absolute Gasteiger partial charge is 0.266 e. The number of nitrogens with zero attached hydrogens (tertiary/aromatic N) is 3. The Bertz CT molecular complexity index is 1690. The summed E-state index contributed by atoms with van der Waals surface area (Å²) in [5, 5.41) is 16.0. The highest BCUT2D eigenvalue weighted by molar-refractivity contribution is 8.23. The summed E-state index contributed by atoms with van der Waals surface area (Å²) in [7, 11) is -6.04. The summed E-state index contributed by atoms with van der Waals surface area (Å²) < 4.78 is 35.7. The largest absolute Gasteiger partial charge is 0.543 e. The zero-order valence-corrected chi connectivity index (χ0v) is 27.7. The van der Waals surface area contributed by atoms with Crippen LogP contribution in [0, 0.1) is 0 Å². The third kappa shape index (κ3) is 5.22. The summed E-state index contributed by atoms with van der Waals surface area (Å²) >= 11 is 8.53.